The molecular weight excluding hydrogens is 440 g/mol. The Morgan fingerprint density at radius 1 is 1.21 bits per heavy atom. The summed E-state index contributed by atoms with van der Waals surface area (Å²) in [6.07, 6.45) is 1.25. The molecule has 1 aromatic carbocycles. The zero-order valence-electron chi connectivity index (χ0n) is 19.9. The minimum Gasteiger partial charge on any atom is -0.444 e. The van der Waals surface area contributed by atoms with E-state index in [1.54, 1.807) is 12.1 Å². The Kier molecular flexibility index (Phi) is 7.04. The van der Waals surface area contributed by atoms with Crippen LogP contribution in [0.4, 0.5) is 10.6 Å². The number of aromatic nitrogens is 1. The first-order chi connectivity index (χ1) is 15.2. The van der Waals surface area contributed by atoms with Crippen molar-refractivity contribution in [1.29, 1.82) is 0 Å². The Labute approximate surface area is 196 Å². The van der Waals surface area contributed by atoms with E-state index in [2.05, 4.69) is 24.1 Å². The van der Waals surface area contributed by atoms with E-state index < -0.39 is 15.6 Å². The monoisotopic (exact) mass is 474 g/mol. The minimum atomic E-state index is -3.90. The molecule has 0 spiro atoms. The number of ether oxygens (including phenoxy) is 1. The number of carbonyl (C=O) groups excluding carboxylic acids is 1. The fraction of sp³-hybridized carbons (Fsp3) is 0.500. The number of hydrogen-bond donors (Lipinski definition) is 2. The van der Waals surface area contributed by atoms with Crippen molar-refractivity contribution in [3.63, 3.8) is 0 Å². The minimum absolute atomic E-state index is 0.131. The topological polar surface area (TPSA) is 115 Å². The van der Waals surface area contributed by atoms with Crippen molar-refractivity contribution < 1.29 is 17.9 Å². The molecule has 1 aliphatic heterocycles. The molecule has 9 heteroatoms. The molecule has 0 saturated carbocycles. The van der Waals surface area contributed by atoms with E-state index in [1.165, 1.54) is 6.07 Å². The van der Waals surface area contributed by atoms with Crippen molar-refractivity contribution >= 4 is 21.9 Å². The molecule has 2 atom stereocenters. The second kappa shape index (κ2) is 9.30. The summed E-state index contributed by atoms with van der Waals surface area (Å²) in [5.74, 6) is 0.642. The number of nitrogens with two attached hydrogens (primary N) is 1. The maximum absolute atomic E-state index is 12.8. The van der Waals surface area contributed by atoms with E-state index in [0.29, 0.717) is 12.4 Å². The van der Waals surface area contributed by atoms with Gasteiger partial charge in [0.1, 0.15) is 11.4 Å². The zero-order valence-corrected chi connectivity index (χ0v) is 20.7. The highest BCUT2D eigenvalue weighted by molar-refractivity contribution is 7.89. The maximum atomic E-state index is 12.8. The van der Waals surface area contributed by atoms with E-state index in [9.17, 15) is 13.2 Å². The summed E-state index contributed by atoms with van der Waals surface area (Å²) < 4.78 is 29.1. The van der Waals surface area contributed by atoms with Crippen LogP contribution in [0.5, 0.6) is 0 Å². The second-order valence-corrected chi connectivity index (χ2v) is 11.7. The number of carbonyl (C=O) groups is 1. The van der Waals surface area contributed by atoms with Crippen molar-refractivity contribution in [2.75, 3.05) is 11.9 Å². The van der Waals surface area contributed by atoms with Gasteiger partial charge >= 0.3 is 6.09 Å². The van der Waals surface area contributed by atoms with Gasteiger partial charge in [0, 0.05) is 12.1 Å². The van der Waals surface area contributed by atoms with Gasteiger partial charge in [-0.1, -0.05) is 36.4 Å². The first-order valence-corrected chi connectivity index (χ1v) is 12.6. The molecule has 1 saturated heterocycles. The lowest BCUT2D eigenvalue weighted by Crippen LogP contribution is -2.45. The fourth-order valence-electron chi connectivity index (χ4n) is 4.31. The number of likely N-dealkylation sites (tertiary alicyclic amines) is 1. The molecule has 1 aromatic heterocycles. The van der Waals surface area contributed by atoms with Gasteiger partial charge in [-0.2, -0.15) is 0 Å². The summed E-state index contributed by atoms with van der Waals surface area (Å²) in [6.45, 7) is 10.3. The smallest absolute Gasteiger partial charge is 0.410 e. The molecule has 1 aliphatic rings. The molecule has 1 amide bonds. The van der Waals surface area contributed by atoms with Gasteiger partial charge in [0.05, 0.1) is 6.04 Å². The highest BCUT2D eigenvalue weighted by atomic mass is 32.2. The molecule has 2 heterocycles. The average Bonchev–Trinajstić information content (AvgIpc) is 3.00. The molecule has 0 radical (unpaired) electrons. The van der Waals surface area contributed by atoms with Crippen LogP contribution in [-0.4, -0.2) is 42.1 Å². The van der Waals surface area contributed by atoms with Gasteiger partial charge in [0.2, 0.25) is 0 Å². The van der Waals surface area contributed by atoms with Crippen LogP contribution < -0.4 is 10.5 Å². The fourth-order valence-corrected chi connectivity index (χ4v) is 4.81. The van der Waals surface area contributed by atoms with Crippen molar-refractivity contribution in [3.05, 3.63) is 54.1 Å². The van der Waals surface area contributed by atoms with Gasteiger partial charge in [-0.25, -0.2) is 23.3 Å². The SMILES string of the molecule is CC(C)(C)OC(=O)N1C[C@@H](CC(Nc2cccc(S(N)(=O)=O)n2)c2ccccc2)CC1(C)C. The molecule has 33 heavy (non-hydrogen) atoms. The predicted molar refractivity (Wildman–Crippen MR) is 128 cm³/mol. The third-order valence-corrected chi connectivity index (χ3v) is 6.49. The van der Waals surface area contributed by atoms with Gasteiger partial charge in [-0.15, -0.1) is 0 Å². The van der Waals surface area contributed by atoms with Crippen LogP contribution in [-0.2, 0) is 14.8 Å². The first kappa shape index (κ1) is 25.0. The summed E-state index contributed by atoms with van der Waals surface area (Å²) in [4.78, 5) is 18.8. The number of benzene rings is 1. The van der Waals surface area contributed by atoms with Crippen molar-refractivity contribution in [3.8, 4) is 0 Å². The number of sulfonamides is 1. The number of hydrogen-bond acceptors (Lipinski definition) is 6. The zero-order chi connectivity index (χ0) is 24.4. The molecular formula is C24H34N4O4S. The summed E-state index contributed by atoms with van der Waals surface area (Å²) in [6, 6.07) is 14.5. The molecule has 3 N–H and O–H groups in total. The summed E-state index contributed by atoms with van der Waals surface area (Å²) in [7, 11) is -3.90. The highest BCUT2D eigenvalue weighted by Gasteiger charge is 2.43. The highest BCUT2D eigenvalue weighted by Crippen LogP contribution is 2.39. The first-order valence-electron chi connectivity index (χ1n) is 11.1. The standard InChI is InChI=1S/C24H34N4O4S/c1-23(2,3)32-22(29)28-16-17(15-24(28,4)5)14-19(18-10-7-6-8-11-18)26-20-12-9-13-21(27-20)33(25,30)31/h6-13,17,19H,14-16H2,1-5H3,(H,26,27)(H2,25,30,31)/t17-,19?/m0/s1. The second-order valence-electron chi connectivity index (χ2n) is 10.2. The quantitative estimate of drug-likeness (QED) is 0.645. The van der Waals surface area contributed by atoms with E-state index in [-0.39, 0.29) is 28.6 Å². The largest absolute Gasteiger partial charge is 0.444 e. The summed E-state index contributed by atoms with van der Waals surface area (Å²) in [5.41, 5.74) is 0.160. The van der Waals surface area contributed by atoms with Gasteiger partial charge in [-0.05, 0) is 71.1 Å². The Hall–Kier alpha value is -2.65. The Bertz CT molecular complexity index is 1080. The van der Waals surface area contributed by atoms with Gasteiger partial charge in [0.15, 0.2) is 5.03 Å². The van der Waals surface area contributed by atoms with Crippen molar-refractivity contribution in [2.45, 2.75) is 69.7 Å². The number of rotatable bonds is 6. The van der Waals surface area contributed by atoms with E-state index in [4.69, 9.17) is 9.88 Å². The van der Waals surface area contributed by atoms with Gasteiger partial charge in [0.25, 0.3) is 10.0 Å². The van der Waals surface area contributed by atoms with Crippen LogP contribution in [0.1, 0.15) is 59.1 Å². The average molecular weight is 475 g/mol. The predicted octanol–water partition coefficient (Wildman–Crippen LogP) is 4.31. The number of amides is 1. The van der Waals surface area contributed by atoms with Crippen molar-refractivity contribution in [2.24, 2.45) is 11.1 Å². The van der Waals surface area contributed by atoms with Crippen LogP contribution in [0, 0.1) is 5.92 Å². The molecule has 180 valence electrons. The summed E-state index contributed by atoms with van der Waals surface area (Å²) in [5, 5.41) is 8.44. The number of nitrogens with zero attached hydrogens (tertiary/aromatic N) is 2. The van der Waals surface area contributed by atoms with E-state index in [1.807, 2.05) is 56.0 Å². The van der Waals surface area contributed by atoms with Gasteiger partial charge < -0.3 is 15.0 Å². The van der Waals surface area contributed by atoms with E-state index in [0.717, 1.165) is 18.4 Å². The molecule has 1 unspecified atom stereocenters. The number of anilines is 1. The Balaban J connectivity index is 1.82. The molecule has 0 aliphatic carbocycles. The Morgan fingerprint density at radius 3 is 2.48 bits per heavy atom. The van der Waals surface area contributed by atoms with Crippen LogP contribution in [0.15, 0.2) is 53.6 Å². The Morgan fingerprint density at radius 2 is 1.88 bits per heavy atom. The lowest BCUT2D eigenvalue weighted by atomic mass is 9.89. The van der Waals surface area contributed by atoms with Crippen LogP contribution >= 0.6 is 0 Å². The lowest BCUT2D eigenvalue weighted by molar-refractivity contribution is 0.0130. The van der Waals surface area contributed by atoms with Crippen LogP contribution in [0.25, 0.3) is 0 Å². The summed E-state index contributed by atoms with van der Waals surface area (Å²) >= 11 is 0. The number of pyridine rings is 1. The molecule has 2 aromatic rings. The lowest BCUT2D eigenvalue weighted by Gasteiger charge is -2.33. The van der Waals surface area contributed by atoms with E-state index >= 15 is 0 Å². The third kappa shape index (κ3) is 6.68. The number of primary sulfonamides is 1. The molecule has 3 rings (SSSR count). The van der Waals surface area contributed by atoms with Crippen molar-refractivity contribution in [1.82, 2.24) is 9.88 Å². The van der Waals surface area contributed by atoms with Crippen LogP contribution in [0.2, 0.25) is 0 Å². The number of nitrogens with one attached hydrogen (secondary N) is 1. The van der Waals surface area contributed by atoms with Gasteiger partial charge in [-0.3, -0.25) is 0 Å². The van der Waals surface area contributed by atoms with Crippen LogP contribution in [0.3, 0.4) is 0 Å². The molecule has 8 nitrogen and oxygen atoms in total. The third-order valence-electron chi connectivity index (χ3n) is 5.68. The molecule has 1 fully saturated rings. The molecule has 0 bridgehead atoms. The maximum Gasteiger partial charge on any atom is 0.410 e. The normalized spacial score (nSPS) is 19.2.